The van der Waals surface area contributed by atoms with Crippen LogP contribution in [0.4, 0.5) is 5.82 Å². The minimum atomic E-state index is 0.652. The van der Waals surface area contributed by atoms with Crippen LogP contribution in [0, 0.1) is 0 Å². The summed E-state index contributed by atoms with van der Waals surface area (Å²) in [6.45, 7) is 1.37. The standard InChI is InChI=1S/C18H25N3O3/c1-21(2)18-7-6-13(11-20-18)10-19-12-14-8-16(23-4)17(24-5)9-15(14)22-3/h6-9,11,19H,10,12H2,1-5H3. The van der Waals surface area contributed by atoms with Gasteiger partial charge in [-0.05, 0) is 17.7 Å². The van der Waals surface area contributed by atoms with Crippen LogP contribution in [-0.2, 0) is 13.1 Å². The predicted molar refractivity (Wildman–Crippen MR) is 95.2 cm³/mol. The molecule has 1 aromatic carbocycles. The molecule has 0 bridgehead atoms. The molecule has 0 saturated heterocycles. The highest BCUT2D eigenvalue weighted by atomic mass is 16.5. The number of aromatic nitrogens is 1. The van der Waals surface area contributed by atoms with Crippen molar-refractivity contribution in [2.75, 3.05) is 40.3 Å². The molecule has 0 fully saturated rings. The fourth-order valence-electron chi connectivity index (χ4n) is 2.36. The topological polar surface area (TPSA) is 55.9 Å². The average Bonchev–Trinajstić information content (AvgIpc) is 2.61. The van der Waals surface area contributed by atoms with Gasteiger partial charge in [0.25, 0.3) is 0 Å². The van der Waals surface area contributed by atoms with Crippen LogP contribution < -0.4 is 24.4 Å². The Morgan fingerprint density at radius 2 is 1.58 bits per heavy atom. The van der Waals surface area contributed by atoms with Crippen molar-refractivity contribution in [3.8, 4) is 17.2 Å². The second kappa shape index (κ2) is 8.40. The number of rotatable bonds is 8. The quantitative estimate of drug-likeness (QED) is 0.802. The van der Waals surface area contributed by atoms with Crippen molar-refractivity contribution in [1.82, 2.24) is 10.3 Å². The van der Waals surface area contributed by atoms with Gasteiger partial charge >= 0.3 is 0 Å². The van der Waals surface area contributed by atoms with Crippen LogP contribution >= 0.6 is 0 Å². The number of hydrogen-bond acceptors (Lipinski definition) is 6. The van der Waals surface area contributed by atoms with Gasteiger partial charge in [0.2, 0.25) is 0 Å². The van der Waals surface area contributed by atoms with Gasteiger partial charge in [-0.25, -0.2) is 4.98 Å². The van der Waals surface area contributed by atoms with Crippen LogP contribution in [0.5, 0.6) is 17.2 Å². The molecule has 6 heteroatoms. The molecule has 0 atom stereocenters. The normalized spacial score (nSPS) is 10.4. The van der Waals surface area contributed by atoms with Gasteiger partial charge in [0.1, 0.15) is 11.6 Å². The van der Waals surface area contributed by atoms with Crippen molar-refractivity contribution < 1.29 is 14.2 Å². The molecule has 0 unspecified atom stereocenters. The Labute approximate surface area is 143 Å². The summed E-state index contributed by atoms with van der Waals surface area (Å²) < 4.78 is 16.1. The lowest BCUT2D eigenvalue weighted by Gasteiger charge is -2.15. The maximum Gasteiger partial charge on any atom is 0.164 e. The lowest BCUT2D eigenvalue weighted by molar-refractivity contribution is 0.347. The molecule has 0 spiro atoms. The van der Waals surface area contributed by atoms with E-state index in [9.17, 15) is 0 Å². The summed E-state index contributed by atoms with van der Waals surface area (Å²) >= 11 is 0. The van der Waals surface area contributed by atoms with E-state index in [1.165, 1.54) is 0 Å². The zero-order chi connectivity index (χ0) is 17.5. The van der Waals surface area contributed by atoms with Crippen molar-refractivity contribution in [3.05, 3.63) is 41.6 Å². The molecule has 2 aromatic rings. The van der Waals surface area contributed by atoms with E-state index in [2.05, 4.69) is 16.4 Å². The molecule has 1 heterocycles. The summed E-state index contributed by atoms with van der Waals surface area (Å²) in [6, 6.07) is 7.84. The molecule has 0 aliphatic heterocycles. The molecule has 2 rings (SSSR count). The van der Waals surface area contributed by atoms with Gasteiger partial charge in [-0.15, -0.1) is 0 Å². The van der Waals surface area contributed by atoms with E-state index in [-0.39, 0.29) is 0 Å². The summed E-state index contributed by atoms with van der Waals surface area (Å²) in [5.41, 5.74) is 2.13. The molecule has 0 aliphatic rings. The fourth-order valence-corrected chi connectivity index (χ4v) is 2.36. The van der Waals surface area contributed by atoms with Crippen LogP contribution in [0.3, 0.4) is 0 Å². The highest BCUT2D eigenvalue weighted by Gasteiger charge is 2.11. The molecule has 24 heavy (non-hydrogen) atoms. The van der Waals surface area contributed by atoms with Crippen molar-refractivity contribution >= 4 is 5.82 Å². The minimum Gasteiger partial charge on any atom is -0.496 e. The van der Waals surface area contributed by atoms with Crippen LogP contribution in [0.15, 0.2) is 30.5 Å². The van der Waals surface area contributed by atoms with Crippen molar-refractivity contribution in [2.24, 2.45) is 0 Å². The summed E-state index contributed by atoms with van der Waals surface area (Å²) in [5, 5.41) is 3.40. The molecule has 0 aliphatic carbocycles. The molecular weight excluding hydrogens is 306 g/mol. The third-order valence-electron chi connectivity index (χ3n) is 3.70. The van der Waals surface area contributed by atoms with Crippen LogP contribution in [-0.4, -0.2) is 40.4 Å². The van der Waals surface area contributed by atoms with E-state index in [1.807, 2.05) is 43.4 Å². The zero-order valence-electron chi connectivity index (χ0n) is 14.9. The Morgan fingerprint density at radius 3 is 2.12 bits per heavy atom. The van der Waals surface area contributed by atoms with Crippen molar-refractivity contribution in [1.29, 1.82) is 0 Å². The number of hydrogen-bond donors (Lipinski definition) is 1. The molecule has 0 amide bonds. The molecule has 130 valence electrons. The second-order valence-electron chi connectivity index (χ2n) is 5.54. The average molecular weight is 331 g/mol. The maximum absolute atomic E-state index is 5.44. The van der Waals surface area contributed by atoms with Gasteiger partial charge in [-0.1, -0.05) is 6.07 Å². The van der Waals surface area contributed by atoms with E-state index in [0.29, 0.717) is 18.0 Å². The predicted octanol–water partition coefficient (Wildman–Crippen LogP) is 2.46. The minimum absolute atomic E-state index is 0.652. The molecule has 0 radical (unpaired) electrons. The molecule has 0 saturated carbocycles. The maximum atomic E-state index is 5.44. The Morgan fingerprint density at radius 1 is 0.917 bits per heavy atom. The largest absolute Gasteiger partial charge is 0.496 e. The Balaban J connectivity index is 2.03. The number of anilines is 1. The van der Waals surface area contributed by atoms with Gasteiger partial charge in [0, 0.05) is 45.0 Å². The number of nitrogens with zero attached hydrogens (tertiary/aromatic N) is 2. The van der Waals surface area contributed by atoms with Gasteiger partial charge in [-0.2, -0.15) is 0 Å². The number of ether oxygens (including phenoxy) is 3. The molecule has 6 nitrogen and oxygen atoms in total. The van der Waals surface area contributed by atoms with E-state index in [1.54, 1.807) is 21.3 Å². The van der Waals surface area contributed by atoms with Crippen molar-refractivity contribution in [2.45, 2.75) is 13.1 Å². The van der Waals surface area contributed by atoms with Crippen LogP contribution in [0.1, 0.15) is 11.1 Å². The first-order chi connectivity index (χ1) is 11.6. The number of methoxy groups -OCH3 is 3. The summed E-state index contributed by atoms with van der Waals surface area (Å²) in [5.74, 6) is 3.05. The third kappa shape index (κ3) is 4.29. The molecule has 1 N–H and O–H groups in total. The first kappa shape index (κ1) is 17.9. The Kier molecular flexibility index (Phi) is 6.26. The zero-order valence-corrected chi connectivity index (χ0v) is 14.9. The van der Waals surface area contributed by atoms with Crippen LogP contribution in [0.2, 0.25) is 0 Å². The lowest BCUT2D eigenvalue weighted by Crippen LogP contribution is -2.15. The van der Waals surface area contributed by atoms with E-state index < -0.39 is 0 Å². The smallest absolute Gasteiger partial charge is 0.164 e. The molecule has 1 aromatic heterocycles. The van der Waals surface area contributed by atoms with Gasteiger partial charge in [0.15, 0.2) is 11.5 Å². The number of benzene rings is 1. The van der Waals surface area contributed by atoms with E-state index >= 15 is 0 Å². The van der Waals surface area contributed by atoms with Crippen molar-refractivity contribution in [3.63, 3.8) is 0 Å². The SMILES string of the molecule is COc1cc(OC)c(OC)cc1CNCc1ccc(N(C)C)nc1. The van der Waals surface area contributed by atoms with Gasteiger partial charge < -0.3 is 24.4 Å². The summed E-state index contributed by atoms with van der Waals surface area (Å²) in [4.78, 5) is 6.39. The highest BCUT2D eigenvalue weighted by Crippen LogP contribution is 2.34. The summed E-state index contributed by atoms with van der Waals surface area (Å²) in [7, 11) is 8.83. The Bertz CT molecular complexity index is 657. The van der Waals surface area contributed by atoms with Crippen LogP contribution in [0.25, 0.3) is 0 Å². The lowest BCUT2D eigenvalue weighted by atomic mass is 10.1. The van der Waals surface area contributed by atoms with Gasteiger partial charge in [0.05, 0.1) is 21.3 Å². The van der Waals surface area contributed by atoms with Gasteiger partial charge in [-0.3, -0.25) is 0 Å². The summed E-state index contributed by atoms with van der Waals surface area (Å²) in [6.07, 6.45) is 1.88. The first-order valence-electron chi connectivity index (χ1n) is 7.71. The Hall–Kier alpha value is -2.47. The molecular formula is C18H25N3O3. The number of pyridine rings is 1. The van der Waals surface area contributed by atoms with E-state index in [4.69, 9.17) is 14.2 Å². The van der Waals surface area contributed by atoms with E-state index in [0.717, 1.165) is 29.2 Å². The fraction of sp³-hybridized carbons (Fsp3) is 0.389. The third-order valence-corrected chi connectivity index (χ3v) is 3.70. The first-order valence-corrected chi connectivity index (χ1v) is 7.71. The second-order valence-corrected chi connectivity index (χ2v) is 5.54. The number of nitrogens with one attached hydrogen (secondary N) is 1. The highest BCUT2D eigenvalue weighted by molar-refractivity contribution is 5.50. The monoisotopic (exact) mass is 331 g/mol.